The minimum atomic E-state index is -1.28. The molecule has 0 amide bonds. The second kappa shape index (κ2) is 10.5. The molecule has 0 unspecified atom stereocenters. The van der Waals surface area contributed by atoms with E-state index in [4.69, 9.17) is 16.3 Å². The summed E-state index contributed by atoms with van der Waals surface area (Å²) < 4.78 is 5.58. The Hall–Kier alpha value is -3.12. The summed E-state index contributed by atoms with van der Waals surface area (Å²) in [7, 11) is 0. The third-order valence-electron chi connectivity index (χ3n) is 5.18. The normalized spacial score (nSPS) is 11.2. The highest BCUT2D eigenvalue weighted by Gasteiger charge is 2.29. The fourth-order valence-corrected chi connectivity index (χ4v) is 3.30. The number of anilines is 1. The van der Waals surface area contributed by atoms with Crippen LogP contribution in [0.4, 0.5) is 5.95 Å². The minimum absolute atomic E-state index is 0.521. The zero-order valence-corrected chi connectivity index (χ0v) is 19.3. The summed E-state index contributed by atoms with van der Waals surface area (Å²) in [6.07, 6.45) is 5.36. The first-order valence-electron chi connectivity index (χ1n) is 10.6. The van der Waals surface area contributed by atoms with Gasteiger partial charge in [-0.05, 0) is 61.6 Å². The first-order valence-corrected chi connectivity index (χ1v) is 11.0. The SMILES string of the molecule is CCc1cnc(N(CCc2ccc(OC(C)(C)C(=O)O)cc2)Cc2ccccc2Cl)nc1. The van der Waals surface area contributed by atoms with Gasteiger partial charge in [-0.2, -0.15) is 0 Å². The van der Waals surface area contributed by atoms with E-state index in [0.29, 0.717) is 29.8 Å². The lowest BCUT2D eigenvalue weighted by Gasteiger charge is -2.24. The molecule has 0 bridgehead atoms. The molecule has 0 saturated carbocycles. The fourth-order valence-electron chi connectivity index (χ4n) is 3.10. The Labute approximate surface area is 193 Å². The molecule has 0 aliphatic heterocycles. The Balaban J connectivity index is 1.73. The van der Waals surface area contributed by atoms with Gasteiger partial charge >= 0.3 is 5.97 Å². The van der Waals surface area contributed by atoms with E-state index in [2.05, 4.69) is 21.8 Å². The maximum absolute atomic E-state index is 11.3. The van der Waals surface area contributed by atoms with Crippen molar-refractivity contribution in [2.45, 2.75) is 45.8 Å². The van der Waals surface area contributed by atoms with E-state index in [1.54, 1.807) is 12.1 Å². The third kappa shape index (κ3) is 6.20. The van der Waals surface area contributed by atoms with Crippen molar-refractivity contribution < 1.29 is 14.6 Å². The standard InChI is InChI=1S/C25H28ClN3O3/c1-4-18-15-27-24(28-16-18)29(17-20-7-5-6-8-22(20)26)14-13-19-9-11-21(12-10-19)32-25(2,3)23(30)31/h5-12,15-16H,4,13-14,17H2,1-3H3,(H,30,31). The van der Waals surface area contributed by atoms with E-state index < -0.39 is 11.6 Å². The molecule has 1 N–H and O–H groups in total. The van der Waals surface area contributed by atoms with Gasteiger partial charge in [-0.15, -0.1) is 0 Å². The highest BCUT2D eigenvalue weighted by atomic mass is 35.5. The predicted molar refractivity (Wildman–Crippen MR) is 126 cm³/mol. The first kappa shape index (κ1) is 23.5. The number of hydrogen-bond acceptors (Lipinski definition) is 5. The second-order valence-electron chi connectivity index (χ2n) is 8.07. The molecule has 0 spiro atoms. The van der Waals surface area contributed by atoms with Crippen LogP contribution in [0.1, 0.15) is 37.5 Å². The Kier molecular flexibility index (Phi) is 7.70. The van der Waals surface area contributed by atoms with Crippen LogP contribution in [0.3, 0.4) is 0 Å². The number of carbonyl (C=O) groups is 1. The molecule has 7 heteroatoms. The lowest BCUT2D eigenvalue weighted by molar-refractivity contribution is -0.152. The summed E-state index contributed by atoms with van der Waals surface area (Å²) >= 11 is 6.39. The van der Waals surface area contributed by atoms with Crippen molar-refractivity contribution in [1.29, 1.82) is 0 Å². The summed E-state index contributed by atoms with van der Waals surface area (Å²) in [5, 5.41) is 9.95. The number of aliphatic carboxylic acids is 1. The summed E-state index contributed by atoms with van der Waals surface area (Å²) in [4.78, 5) is 22.5. The molecule has 1 aromatic heterocycles. The number of halogens is 1. The van der Waals surface area contributed by atoms with E-state index in [0.717, 1.165) is 29.5 Å². The van der Waals surface area contributed by atoms with Crippen molar-refractivity contribution in [3.05, 3.63) is 82.6 Å². The van der Waals surface area contributed by atoms with Gasteiger partial charge < -0.3 is 14.7 Å². The van der Waals surface area contributed by atoms with Crippen molar-refractivity contribution in [2.75, 3.05) is 11.4 Å². The van der Waals surface area contributed by atoms with Crippen molar-refractivity contribution >= 4 is 23.5 Å². The predicted octanol–water partition coefficient (Wildman–Crippen LogP) is 5.18. The zero-order chi connectivity index (χ0) is 23.1. The molecule has 0 fully saturated rings. The van der Waals surface area contributed by atoms with Gasteiger partial charge in [-0.3, -0.25) is 0 Å². The van der Waals surface area contributed by atoms with E-state index in [-0.39, 0.29) is 0 Å². The second-order valence-corrected chi connectivity index (χ2v) is 8.48. The Bertz CT molecular complexity index is 1040. The van der Waals surface area contributed by atoms with Crippen molar-refractivity contribution in [2.24, 2.45) is 0 Å². The number of hydrogen-bond donors (Lipinski definition) is 1. The van der Waals surface area contributed by atoms with Crippen LogP contribution < -0.4 is 9.64 Å². The maximum Gasteiger partial charge on any atom is 0.347 e. The summed E-state index contributed by atoms with van der Waals surface area (Å²) in [6, 6.07) is 15.3. The Morgan fingerprint density at radius 2 is 1.72 bits per heavy atom. The van der Waals surface area contributed by atoms with Gasteiger partial charge in [0.05, 0.1) is 0 Å². The smallest absolute Gasteiger partial charge is 0.347 e. The van der Waals surface area contributed by atoms with Crippen LogP contribution in [0.25, 0.3) is 0 Å². The molecular formula is C25H28ClN3O3. The zero-order valence-electron chi connectivity index (χ0n) is 18.6. The monoisotopic (exact) mass is 453 g/mol. The molecule has 3 aromatic rings. The Morgan fingerprint density at radius 3 is 2.31 bits per heavy atom. The number of benzene rings is 2. The topological polar surface area (TPSA) is 75.6 Å². The summed E-state index contributed by atoms with van der Waals surface area (Å²) in [5.41, 5.74) is 1.91. The maximum atomic E-state index is 11.3. The van der Waals surface area contributed by atoms with Crippen LogP contribution in [-0.2, 0) is 24.2 Å². The Morgan fingerprint density at radius 1 is 1.06 bits per heavy atom. The molecule has 6 nitrogen and oxygen atoms in total. The number of nitrogens with zero attached hydrogens (tertiary/aromatic N) is 3. The van der Waals surface area contributed by atoms with Crippen molar-refractivity contribution in [3.63, 3.8) is 0 Å². The van der Waals surface area contributed by atoms with Crippen molar-refractivity contribution in [3.8, 4) is 5.75 Å². The van der Waals surface area contributed by atoms with Crippen molar-refractivity contribution in [1.82, 2.24) is 9.97 Å². The fraction of sp³-hybridized carbons (Fsp3) is 0.320. The molecule has 0 aliphatic rings. The van der Waals surface area contributed by atoms with Gasteiger partial charge in [0.1, 0.15) is 5.75 Å². The number of carboxylic acid groups (broad SMARTS) is 1. The van der Waals surface area contributed by atoms with Gasteiger partial charge in [-0.25, -0.2) is 14.8 Å². The summed E-state index contributed by atoms with van der Waals surface area (Å²) in [6.45, 7) is 6.42. The molecule has 0 saturated heterocycles. The number of ether oxygens (including phenoxy) is 1. The molecule has 32 heavy (non-hydrogen) atoms. The van der Waals surface area contributed by atoms with Crippen LogP contribution in [0.15, 0.2) is 60.9 Å². The largest absolute Gasteiger partial charge is 0.478 e. The molecule has 0 atom stereocenters. The number of aromatic nitrogens is 2. The molecule has 1 heterocycles. The van der Waals surface area contributed by atoms with Crippen LogP contribution >= 0.6 is 11.6 Å². The van der Waals surface area contributed by atoms with Gasteiger partial charge in [0.15, 0.2) is 5.60 Å². The summed E-state index contributed by atoms with van der Waals surface area (Å²) in [5.74, 6) is 0.170. The first-order chi connectivity index (χ1) is 15.3. The molecular weight excluding hydrogens is 426 g/mol. The van der Waals surface area contributed by atoms with E-state index in [9.17, 15) is 9.90 Å². The molecule has 2 aromatic carbocycles. The van der Waals surface area contributed by atoms with Crippen LogP contribution in [0.5, 0.6) is 5.75 Å². The van der Waals surface area contributed by atoms with E-state index in [1.165, 1.54) is 13.8 Å². The highest BCUT2D eigenvalue weighted by molar-refractivity contribution is 6.31. The molecule has 168 valence electrons. The number of carboxylic acids is 1. The van der Waals surface area contributed by atoms with Crippen LogP contribution in [0, 0.1) is 0 Å². The van der Waals surface area contributed by atoms with Gasteiger partial charge in [0.2, 0.25) is 5.95 Å². The average Bonchev–Trinajstić information content (AvgIpc) is 2.78. The van der Waals surface area contributed by atoms with Gasteiger partial charge in [0, 0.05) is 30.5 Å². The third-order valence-corrected chi connectivity index (χ3v) is 5.55. The highest BCUT2D eigenvalue weighted by Crippen LogP contribution is 2.22. The van der Waals surface area contributed by atoms with Crippen LogP contribution in [-0.4, -0.2) is 33.2 Å². The van der Waals surface area contributed by atoms with Crippen LogP contribution in [0.2, 0.25) is 5.02 Å². The molecule has 3 rings (SSSR count). The van der Waals surface area contributed by atoms with Gasteiger partial charge in [-0.1, -0.05) is 48.9 Å². The van der Waals surface area contributed by atoms with E-state index >= 15 is 0 Å². The quantitative estimate of drug-likeness (QED) is 0.455. The van der Waals surface area contributed by atoms with E-state index in [1.807, 2.05) is 48.8 Å². The van der Waals surface area contributed by atoms with Gasteiger partial charge in [0.25, 0.3) is 0 Å². The lowest BCUT2D eigenvalue weighted by Crippen LogP contribution is -2.37. The molecule has 0 radical (unpaired) electrons. The average molecular weight is 454 g/mol. The minimum Gasteiger partial charge on any atom is -0.478 e. The lowest BCUT2D eigenvalue weighted by atomic mass is 10.1. The number of rotatable bonds is 10. The molecule has 0 aliphatic carbocycles. The number of aryl methyl sites for hydroxylation is 1.